The second-order valence-electron chi connectivity index (χ2n) is 4.40. The first kappa shape index (κ1) is 11.6. The highest BCUT2D eigenvalue weighted by Crippen LogP contribution is 2.06. The van der Waals surface area contributed by atoms with Crippen LogP contribution < -0.4 is 10.6 Å². The van der Waals surface area contributed by atoms with Crippen LogP contribution in [-0.4, -0.2) is 24.2 Å². The molecule has 0 aromatic heterocycles. The van der Waals surface area contributed by atoms with Crippen molar-refractivity contribution in [2.45, 2.75) is 32.0 Å². The predicted octanol–water partition coefficient (Wildman–Crippen LogP) is 1.02. The lowest BCUT2D eigenvalue weighted by Gasteiger charge is -2.11. The van der Waals surface area contributed by atoms with Gasteiger partial charge in [-0.15, -0.1) is 0 Å². The minimum absolute atomic E-state index is 0.123. The lowest BCUT2D eigenvalue weighted by molar-refractivity contribution is 0.281. The van der Waals surface area contributed by atoms with E-state index in [1.165, 1.54) is 18.4 Å². The van der Waals surface area contributed by atoms with Crippen LogP contribution in [0.25, 0.3) is 0 Å². The van der Waals surface area contributed by atoms with Crippen LogP contribution in [0.15, 0.2) is 24.3 Å². The molecule has 1 heterocycles. The van der Waals surface area contributed by atoms with Gasteiger partial charge in [0.1, 0.15) is 0 Å². The van der Waals surface area contributed by atoms with Gasteiger partial charge in [0.25, 0.3) is 0 Å². The first-order valence-electron chi connectivity index (χ1n) is 6.01. The second kappa shape index (κ2) is 5.99. The molecular weight excluding hydrogens is 200 g/mol. The molecule has 0 saturated carbocycles. The number of aliphatic hydroxyl groups is 1. The third-order valence-electron chi connectivity index (χ3n) is 3.06. The Balaban J connectivity index is 1.75. The molecule has 3 nitrogen and oxygen atoms in total. The highest BCUT2D eigenvalue weighted by molar-refractivity contribution is 5.22. The summed E-state index contributed by atoms with van der Waals surface area (Å²) in [6.45, 7) is 3.19. The molecule has 1 fully saturated rings. The van der Waals surface area contributed by atoms with Gasteiger partial charge in [-0.05, 0) is 30.5 Å². The molecule has 1 aliphatic rings. The van der Waals surface area contributed by atoms with Gasteiger partial charge >= 0.3 is 0 Å². The fraction of sp³-hybridized carbons (Fsp3) is 0.538. The van der Waals surface area contributed by atoms with E-state index in [4.69, 9.17) is 5.11 Å². The van der Waals surface area contributed by atoms with Crippen molar-refractivity contribution in [2.75, 3.05) is 13.1 Å². The predicted molar refractivity (Wildman–Crippen MR) is 65.1 cm³/mol. The Labute approximate surface area is 96.9 Å². The molecule has 1 aromatic rings. The molecule has 3 N–H and O–H groups in total. The number of benzene rings is 1. The molecule has 1 unspecified atom stereocenters. The van der Waals surface area contributed by atoms with Crippen LogP contribution in [0.4, 0.5) is 0 Å². The maximum atomic E-state index is 9.03. The quantitative estimate of drug-likeness (QED) is 0.694. The lowest BCUT2D eigenvalue weighted by Crippen LogP contribution is -2.33. The Morgan fingerprint density at radius 2 is 2.25 bits per heavy atom. The number of hydrogen-bond acceptors (Lipinski definition) is 3. The third-order valence-corrected chi connectivity index (χ3v) is 3.06. The monoisotopic (exact) mass is 220 g/mol. The van der Waals surface area contributed by atoms with Gasteiger partial charge in [0.2, 0.25) is 0 Å². The van der Waals surface area contributed by atoms with Crippen LogP contribution in [0.2, 0.25) is 0 Å². The maximum absolute atomic E-state index is 9.03. The molecule has 0 bridgehead atoms. The van der Waals surface area contributed by atoms with Gasteiger partial charge in [0.05, 0.1) is 6.61 Å². The third kappa shape index (κ3) is 3.30. The Bertz CT molecular complexity index is 321. The number of hydrogen-bond donors (Lipinski definition) is 3. The van der Waals surface area contributed by atoms with Gasteiger partial charge in [-0.25, -0.2) is 0 Å². The van der Waals surface area contributed by atoms with Crippen LogP contribution in [0.5, 0.6) is 0 Å². The van der Waals surface area contributed by atoms with Crippen LogP contribution in [0, 0.1) is 0 Å². The van der Waals surface area contributed by atoms with Crippen molar-refractivity contribution < 1.29 is 5.11 Å². The smallest absolute Gasteiger partial charge is 0.0681 e. The van der Waals surface area contributed by atoms with Gasteiger partial charge < -0.3 is 15.7 Å². The molecule has 0 amide bonds. The molecule has 1 aliphatic heterocycles. The summed E-state index contributed by atoms with van der Waals surface area (Å²) in [5.74, 6) is 0. The van der Waals surface area contributed by atoms with Crippen LogP contribution in [-0.2, 0) is 13.2 Å². The summed E-state index contributed by atoms with van der Waals surface area (Å²) in [6.07, 6.45) is 2.58. The molecule has 2 rings (SSSR count). The topological polar surface area (TPSA) is 44.3 Å². The molecule has 1 saturated heterocycles. The van der Waals surface area contributed by atoms with Crippen molar-refractivity contribution in [3.63, 3.8) is 0 Å². The molecule has 1 atom stereocenters. The zero-order chi connectivity index (χ0) is 11.2. The summed E-state index contributed by atoms with van der Waals surface area (Å²) in [5.41, 5.74) is 2.22. The Morgan fingerprint density at radius 3 is 3.00 bits per heavy atom. The minimum Gasteiger partial charge on any atom is -0.392 e. The van der Waals surface area contributed by atoms with Crippen LogP contribution in [0.3, 0.4) is 0 Å². The van der Waals surface area contributed by atoms with E-state index in [1.807, 2.05) is 12.1 Å². The van der Waals surface area contributed by atoms with Crippen molar-refractivity contribution in [2.24, 2.45) is 0 Å². The molecular formula is C13H20N2O. The van der Waals surface area contributed by atoms with Gasteiger partial charge in [0, 0.05) is 19.1 Å². The molecule has 1 aromatic carbocycles. The molecule has 3 heteroatoms. The van der Waals surface area contributed by atoms with Gasteiger partial charge in [-0.1, -0.05) is 24.3 Å². The Morgan fingerprint density at radius 1 is 1.38 bits per heavy atom. The summed E-state index contributed by atoms with van der Waals surface area (Å²) < 4.78 is 0. The molecule has 16 heavy (non-hydrogen) atoms. The first-order valence-corrected chi connectivity index (χ1v) is 6.01. The first-order chi connectivity index (χ1) is 7.88. The van der Waals surface area contributed by atoms with Crippen LogP contribution >= 0.6 is 0 Å². The summed E-state index contributed by atoms with van der Waals surface area (Å²) in [4.78, 5) is 0. The van der Waals surface area contributed by atoms with E-state index in [0.29, 0.717) is 6.04 Å². The van der Waals surface area contributed by atoms with E-state index < -0.39 is 0 Å². The summed E-state index contributed by atoms with van der Waals surface area (Å²) in [7, 11) is 0. The van der Waals surface area contributed by atoms with E-state index >= 15 is 0 Å². The maximum Gasteiger partial charge on any atom is 0.0681 e. The Kier molecular flexibility index (Phi) is 4.34. The molecule has 0 aliphatic carbocycles. The van der Waals surface area contributed by atoms with Gasteiger partial charge in [-0.3, -0.25) is 0 Å². The fourth-order valence-corrected chi connectivity index (χ4v) is 2.16. The summed E-state index contributed by atoms with van der Waals surface area (Å²) in [6, 6.07) is 8.72. The van der Waals surface area contributed by atoms with Gasteiger partial charge in [0.15, 0.2) is 0 Å². The van der Waals surface area contributed by atoms with Crippen molar-refractivity contribution >= 4 is 0 Å². The Hall–Kier alpha value is -0.900. The normalized spacial score (nSPS) is 20.2. The van der Waals surface area contributed by atoms with E-state index in [9.17, 15) is 0 Å². The number of rotatable bonds is 5. The molecule has 0 radical (unpaired) electrons. The van der Waals surface area contributed by atoms with E-state index in [0.717, 1.165) is 25.2 Å². The standard InChI is InChI=1S/C13H20N2O/c16-10-12-4-1-3-11(7-12)8-14-9-13-5-2-6-15-13/h1,3-4,7,13-16H,2,5-6,8-10H2. The zero-order valence-electron chi connectivity index (χ0n) is 9.58. The minimum atomic E-state index is 0.123. The van der Waals surface area contributed by atoms with E-state index in [-0.39, 0.29) is 6.61 Å². The van der Waals surface area contributed by atoms with E-state index in [1.54, 1.807) is 0 Å². The van der Waals surface area contributed by atoms with Crippen molar-refractivity contribution in [1.29, 1.82) is 0 Å². The summed E-state index contributed by atoms with van der Waals surface area (Å²) in [5, 5.41) is 15.9. The van der Waals surface area contributed by atoms with Crippen LogP contribution in [0.1, 0.15) is 24.0 Å². The fourth-order valence-electron chi connectivity index (χ4n) is 2.16. The largest absolute Gasteiger partial charge is 0.392 e. The number of nitrogens with one attached hydrogen (secondary N) is 2. The van der Waals surface area contributed by atoms with Crippen molar-refractivity contribution in [3.8, 4) is 0 Å². The highest BCUT2D eigenvalue weighted by Gasteiger charge is 2.12. The second-order valence-corrected chi connectivity index (χ2v) is 4.40. The summed E-state index contributed by atoms with van der Waals surface area (Å²) >= 11 is 0. The molecule has 0 spiro atoms. The zero-order valence-corrected chi connectivity index (χ0v) is 9.58. The number of aliphatic hydroxyl groups excluding tert-OH is 1. The average Bonchev–Trinajstić information content (AvgIpc) is 2.82. The van der Waals surface area contributed by atoms with Gasteiger partial charge in [-0.2, -0.15) is 0 Å². The lowest BCUT2D eigenvalue weighted by atomic mass is 10.1. The highest BCUT2D eigenvalue weighted by atomic mass is 16.3. The molecule has 88 valence electrons. The van der Waals surface area contributed by atoms with Crippen molar-refractivity contribution in [1.82, 2.24) is 10.6 Å². The van der Waals surface area contributed by atoms with Crippen molar-refractivity contribution in [3.05, 3.63) is 35.4 Å². The average molecular weight is 220 g/mol. The SMILES string of the molecule is OCc1cccc(CNCC2CCCN2)c1. The van der Waals surface area contributed by atoms with E-state index in [2.05, 4.69) is 22.8 Å².